The second-order valence-electron chi connectivity index (χ2n) is 5.77. The Morgan fingerprint density at radius 3 is 2.48 bits per heavy atom. The molecule has 1 spiro atoms. The molecule has 0 saturated carbocycles. The maximum atomic E-state index is 13.2. The number of nitrogens with zero attached hydrogens (tertiary/aromatic N) is 2. The topological polar surface area (TPSA) is 116 Å². The van der Waals surface area contributed by atoms with E-state index in [0.717, 1.165) is 12.1 Å². The van der Waals surface area contributed by atoms with Crippen LogP contribution in [0.1, 0.15) is 5.56 Å². The molecule has 0 radical (unpaired) electrons. The molecule has 0 aliphatic carbocycles. The second kappa shape index (κ2) is 5.99. The fourth-order valence-electron chi connectivity index (χ4n) is 3.17. The first-order valence-corrected chi connectivity index (χ1v) is 9.52. The van der Waals surface area contributed by atoms with Gasteiger partial charge in [0.1, 0.15) is 0 Å². The Bertz CT molecular complexity index is 1080. The first-order chi connectivity index (χ1) is 12.8. The quantitative estimate of drug-likeness (QED) is 0.562. The number of fused-ring (bicyclic) bond motifs is 2. The number of halogens is 1. The van der Waals surface area contributed by atoms with Crippen molar-refractivity contribution in [2.24, 2.45) is 0 Å². The lowest BCUT2D eigenvalue weighted by atomic mass is 10.1. The van der Waals surface area contributed by atoms with Crippen LogP contribution in [0, 0.1) is 10.1 Å². The van der Waals surface area contributed by atoms with Crippen molar-refractivity contribution in [3.8, 4) is 0 Å². The van der Waals surface area contributed by atoms with Crippen molar-refractivity contribution < 1.29 is 27.6 Å². The van der Waals surface area contributed by atoms with Crippen LogP contribution in [0.25, 0.3) is 0 Å². The summed E-state index contributed by atoms with van der Waals surface area (Å²) in [5, 5.41) is 11.3. The van der Waals surface area contributed by atoms with Crippen LogP contribution in [0.15, 0.2) is 47.4 Å². The Balaban J connectivity index is 1.94. The van der Waals surface area contributed by atoms with E-state index >= 15 is 0 Å². The van der Waals surface area contributed by atoms with Crippen molar-refractivity contribution in [3.63, 3.8) is 0 Å². The zero-order valence-corrected chi connectivity index (χ0v) is 15.1. The van der Waals surface area contributed by atoms with E-state index in [1.165, 1.54) is 18.2 Å². The molecule has 1 amide bonds. The van der Waals surface area contributed by atoms with Crippen LogP contribution < -0.4 is 4.31 Å². The average Bonchev–Trinajstić information content (AvgIpc) is 3.21. The minimum atomic E-state index is -4.63. The van der Waals surface area contributed by atoms with Crippen LogP contribution in [-0.4, -0.2) is 32.5 Å². The van der Waals surface area contributed by atoms with Crippen LogP contribution in [0.3, 0.4) is 0 Å². The molecular formula is C16H11ClN2O7S. The number of rotatable bonds is 3. The minimum absolute atomic E-state index is 0.00673. The molecule has 2 heterocycles. The fourth-order valence-corrected chi connectivity index (χ4v) is 4.92. The lowest BCUT2D eigenvalue weighted by Crippen LogP contribution is -2.44. The van der Waals surface area contributed by atoms with E-state index in [1.807, 2.05) is 0 Å². The van der Waals surface area contributed by atoms with Crippen molar-refractivity contribution in [2.45, 2.75) is 10.7 Å². The predicted molar refractivity (Wildman–Crippen MR) is 92.8 cm³/mol. The summed E-state index contributed by atoms with van der Waals surface area (Å²) in [4.78, 5) is 22.9. The number of sulfonamides is 1. The molecule has 4 rings (SSSR count). The summed E-state index contributed by atoms with van der Waals surface area (Å²) in [5.41, 5.74) is -0.483. The Kier molecular flexibility index (Phi) is 3.96. The number of nitro groups is 1. The highest BCUT2D eigenvalue weighted by atomic mass is 35.5. The van der Waals surface area contributed by atoms with Crippen molar-refractivity contribution in [3.05, 3.63) is 63.2 Å². The molecule has 2 aliphatic heterocycles. The number of carbonyl (C=O) groups excluding carboxylic acids is 1. The zero-order valence-electron chi connectivity index (χ0n) is 13.5. The highest BCUT2D eigenvalue weighted by Crippen LogP contribution is 2.48. The van der Waals surface area contributed by atoms with E-state index in [9.17, 15) is 23.3 Å². The maximum Gasteiger partial charge on any atom is 0.306 e. The van der Waals surface area contributed by atoms with Crippen LogP contribution in [0.4, 0.5) is 11.4 Å². The molecule has 2 aromatic rings. The molecule has 0 N–H and O–H groups in total. The minimum Gasteiger partial charge on any atom is -0.336 e. The van der Waals surface area contributed by atoms with Gasteiger partial charge < -0.3 is 9.47 Å². The molecule has 0 atom stereocenters. The Hall–Kier alpha value is -2.53. The molecule has 1 fully saturated rings. The van der Waals surface area contributed by atoms with E-state index < -0.39 is 37.2 Å². The molecule has 27 heavy (non-hydrogen) atoms. The fraction of sp³-hybridized carbons (Fsp3) is 0.188. The summed E-state index contributed by atoms with van der Waals surface area (Å²) in [7, 11) is -4.63. The number of benzene rings is 2. The van der Waals surface area contributed by atoms with Crippen LogP contribution in [0.5, 0.6) is 0 Å². The van der Waals surface area contributed by atoms with E-state index in [4.69, 9.17) is 21.1 Å². The van der Waals surface area contributed by atoms with Crippen LogP contribution in [-0.2, 0) is 30.1 Å². The van der Waals surface area contributed by atoms with Gasteiger partial charge >= 0.3 is 5.91 Å². The molecule has 0 aromatic heterocycles. The molecule has 1 saturated heterocycles. The van der Waals surface area contributed by atoms with Gasteiger partial charge in [-0.1, -0.05) is 29.8 Å². The summed E-state index contributed by atoms with van der Waals surface area (Å²) in [6.45, 7) is 0.212. The average molecular weight is 411 g/mol. The van der Waals surface area contributed by atoms with Gasteiger partial charge in [-0.05, 0) is 18.2 Å². The Labute approximate surface area is 158 Å². The zero-order chi connectivity index (χ0) is 19.4. The predicted octanol–water partition coefficient (Wildman–Crippen LogP) is 2.18. The van der Waals surface area contributed by atoms with E-state index in [-0.39, 0.29) is 29.5 Å². The highest BCUT2D eigenvalue weighted by molar-refractivity contribution is 7.93. The van der Waals surface area contributed by atoms with Gasteiger partial charge in [0.15, 0.2) is 4.90 Å². The molecule has 9 nitrogen and oxygen atoms in total. The number of hydrogen-bond donors (Lipinski definition) is 0. The number of hydrogen-bond acceptors (Lipinski definition) is 7. The lowest BCUT2D eigenvalue weighted by molar-refractivity contribution is -0.387. The number of para-hydroxylation sites is 1. The van der Waals surface area contributed by atoms with Gasteiger partial charge in [-0.15, -0.1) is 0 Å². The van der Waals surface area contributed by atoms with Crippen LogP contribution in [0.2, 0.25) is 5.02 Å². The van der Waals surface area contributed by atoms with E-state index in [1.54, 1.807) is 12.1 Å². The summed E-state index contributed by atoms with van der Waals surface area (Å²) < 4.78 is 37.9. The standard InChI is InChI=1S/C16H11ClN2O7S/c17-10-5-6-14(13(9-10)19(21)22)27(23,24)18-12-4-2-1-3-11(12)16(15(18)20)25-7-8-26-16/h1-6,9H,7-8H2. The summed E-state index contributed by atoms with van der Waals surface area (Å²) >= 11 is 5.76. The SMILES string of the molecule is O=C1N(S(=O)(=O)c2ccc(Cl)cc2[N+](=O)[O-])c2ccccc2C12OCCO2. The number of amides is 1. The number of carbonyl (C=O) groups is 1. The van der Waals surface area contributed by atoms with Gasteiger partial charge in [-0.3, -0.25) is 14.9 Å². The molecule has 11 heteroatoms. The van der Waals surface area contributed by atoms with Gasteiger partial charge in [0, 0.05) is 16.7 Å². The first kappa shape index (κ1) is 17.9. The largest absolute Gasteiger partial charge is 0.336 e. The highest BCUT2D eigenvalue weighted by Gasteiger charge is 2.59. The van der Waals surface area contributed by atoms with Crippen molar-refractivity contribution in [2.75, 3.05) is 17.5 Å². The third kappa shape index (κ3) is 2.45. The van der Waals surface area contributed by atoms with Gasteiger partial charge in [0.2, 0.25) is 0 Å². The third-order valence-electron chi connectivity index (χ3n) is 4.27. The number of anilines is 1. The monoisotopic (exact) mass is 410 g/mol. The van der Waals surface area contributed by atoms with Crippen LogP contribution >= 0.6 is 11.6 Å². The Morgan fingerprint density at radius 1 is 1.15 bits per heavy atom. The smallest absolute Gasteiger partial charge is 0.306 e. The van der Waals surface area contributed by atoms with Gasteiger partial charge in [-0.25, -0.2) is 8.42 Å². The molecular weight excluding hydrogens is 400 g/mol. The van der Waals surface area contributed by atoms with Crippen molar-refractivity contribution in [1.82, 2.24) is 0 Å². The van der Waals surface area contributed by atoms with Gasteiger partial charge in [0.25, 0.3) is 21.5 Å². The summed E-state index contributed by atoms with van der Waals surface area (Å²) in [5.74, 6) is -2.85. The third-order valence-corrected chi connectivity index (χ3v) is 6.25. The number of ether oxygens (including phenoxy) is 2. The van der Waals surface area contributed by atoms with Crippen molar-refractivity contribution >= 4 is 38.9 Å². The summed E-state index contributed by atoms with van der Waals surface area (Å²) in [6, 6.07) is 9.19. The normalized spacial score (nSPS) is 18.1. The molecule has 0 bridgehead atoms. The van der Waals surface area contributed by atoms with Gasteiger partial charge in [0.05, 0.1) is 23.8 Å². The maximum absolute atomic E-state index is 13.2. The van der Waals surface area contributed by atoms with E-state index in [2.05, 4.69) is 0 Å². The Morgan fingerprint density at radius 2 is 1.81 bits per heavy atom. The van der Waals surface area contributed by atoms with Gasteiger partial charge in [-0.2, -0.15) is 4.31 Å². The van der Waals surface area contributed by atoms with Crippen molar-refractivity contribution in [1.29, 1.82) is 0 Å². The molecule has 2 aliphatic rings. The summed E-state index contributed by atoms with van der Waals surface area (Å²) in [6.07, 6.45) is 0. The lowest BCUT2D eigenvalue weighted by Gasteiger charge is -2.21. The molecule has 140 valence electrons. The van der Waals surface area contributed by atoms with E-state index in [0.29, 0.717) is 4.31 Å². The first-order valence-electron chi connectivity index (χ1n) is 7.70. The molecule has 2 aromatic carbocycles. The second-order valence-corrected chi connectivity index (χ2v) is 7.97. The molecule has 0 unspecified atom stereocenters. The number of nitro benzene ring substituents is 1.